The molecule has 0 radical (unpaired) electrons. The number of aryl methyl sites for hydroxylation is 1. The molecule has 1 aromatic carbocycles. The van der Waals surface area contributed by atoms with Crippen molar-refractivity contribution in [2.75, 3.05) is 5.32 Å². The Morgan fingerprint density at radius 3 is 2.61 bits per heavy atom. The van der Waals surface area contributed by atoms with Gasteiger partial charge in [0, 0.05) is 10.9 Å². The number of carbonyl (C=O) groups excluding carboxylic acids is 1. The minimum Gasteiger partial charge on any atom is -0.325 e. The van der Waals surface area contributed by atoms with E-state index in [2.05, 4.69) is 28.2 Å². The second kappa shape index (κ2) is 8.30. The molecule has 2 nitrogen and oxygen atoms in total. The maximum atomic E-state index is 11.8. The van der Waals surface area contributed by atoms with Crippen molar-refractivity contribution >= 4 is 27.5 Å². The predicted molar refractivity (Wildman–Crippen MR) is 80.9 cm³/mol. The fourth-order valence-corrected chi connectivity index (χ4v) is 2.42. The first kappa shape index (κ1) is 15.2. The molecule has 0 unspecified atom stereocenters. The van der Waals surface area contributed by atoms with Crippen LogP contribution in [-0.2, 0) is 4.79 Å². The Morgan fingerprint density at radius 1 is 1.22 bits per heavy atom. The van der Waals surface area contributed by atoms with Crippen molar-refractivity contribution in [3.63, 3.8) is 0 Å². The number of rotatable bonds is 7. The summed E-state index contributed by atoms with van der Waals surface area (Å²) >= 11 is 3.46. The van der Waals surface area contributed by atoms with Gasteiger partial charge in [-0.25, -0.2) is 0 Å². The minimum absolute atomic E-state index is 0.107. The molecule has 0 atom stereocenters. The highest BCUT2D eigenvalue weighted by Crippen LogP contribution is 2.23. The summed E-state index contributed by atoms with van der Waals surface area (Å²) in [4.78, 5) is 11.8. The SMILES string of the molecule is CCCCCCCC(=O)Nc1ccc(C)cc1Br. The smallest absolute Gasteiger partial charge is 0.224 e. The van der Waals surface area contributed by atoms with E-state index in [-0.39, 0.29) is 5.91 Å². The fraction of sp³-hybridized carbons (Fsp3) is 0.533. The van der Waals surface area contributed by atoms with Crippen molar-refractivity contribution in [3.8, 4) is 0 Å². The first-order chi connectivity index (χ1) is 8.63. The lowest BCUT2D eigenvalue weighted by Crippen LogP contribution is -2.11. The van der Waals surface area contributed by atoms with Crippen LogP contribution in [0.15, 0.2) is 22.7 Å². The van der Waals surface area contributed by atoms with Gasteiger partial charge < -0.3 is 5.32 Å². The molecule has 100 valence electrons. The molecule has 0 bridgehead atoms. The van der Waals surface area contributed by atoms with E-state index in [4.69, 9.17) is 0 Å². The van der Waals surface area contributed by atoms with Crippen LogP contribution < -0.4 is 5.32 Å². The van der Waals surface area contributed by atoms with Crippen LogP contribution in [0.25, 0.3) is 0 Å². The third-order valence-corrected chi connectivity index (χ3v) is 3.56. The van der Waals surface area contributed by atoms with E-state index in [1.807, 2.05) is 25.1 Å². The van der Waals surface area contributed by atoms with Crippen LogP contribution in [-0.4, -0.2) is 5.91 Å². The molecule has 0 aliphatic heterocycles. The summed E-state index contributed by atoms with van der Waals surface area (Å²) in [6, 6.07) is 5.95. The van der Waals surface area contributed by atoms with Crippen LogP contribution >= 0.6 is 15.9 Å². The van der Waals surface area contributed by atoms with Crippen molar-refractivity contribution in [1.29, 1.82) is 0 Å². The third kappa shape index (κ3) is 5.67. The first-order valence-electron chi connectivity index (χ1n) is 6.69. The molecule has 0 spiro atoms. The second-order valence-corrected chi connectivity index (χ2v) is 5.55. The minimum atomic E-state index is 0.107. The number of halogens is 1. The molecule has 1 N–H and O–H groups in total. The van der Waals surface area contributed by atoms with Crippen LogP contribution in [0.4, 0.5) is 5.69 Å². The summed E-state index contributed by atoms with van der Waals surface area (Å²) in [6.45, 7) is 4.23. The van der Waals surface area contributed by atoms with Gasteiger partial charge in [-0.05, 0) is 47.0 Å². The molecular weight excluding hydrogens is 290 g/mol. The molecule has 0 aliphatic carbocycles. The monoisotopic (exact) mass is 311 g/mol. The topological polar surface area (TPSA) is 29.1 Å². The Kier molecular flexibility index (Phi) is 7.02. The zero-order chi connectivity index (χ0) is 13.4. The zero-order valence-corrected chi connectivity index (χ0v) is 12.8. The van der Waals surface area contributed by atoms with E-state index in [0.717, 1.165) is 23.0 Å². The van der Waals surface area contributed by atoms with Gasteiger partial charge in [-0.3, -0.25) is 4.79 Å². The van der Waals surface area contributed by atoms with Crippen LogP contribution in [0.1, 0.15) is 51.0 Å². The average molecular weight is 312 g/mol. The molecule has 1 amide bonds. The van der Waals surface area contributed by atoms with Crippen LogP contribution in [0.2, 0.25) is 0 Å². The van der Waals surface area contributed by atoms with E-state index in [1.54, 1.807) is 0 Å². The maximum Gasteiger partial charge on any atom is 0.224 e. The van der Waals surface area contributed by atoms with E-state index >= 15 is 0 Å². The normalized spacial score (nSPS) is 10.4. The van der Waals surface area contributed by atoms with Crippen molar-refractivity contribution < 1.29 is 4.79 Å². The number of hydrogen-bond acceptors (Lipinski definition) is 1. The lowest BCUT2D eigenvalue weighted by atomic mass is 10.1. The van der Waals surface area contributed by atoms with Gasteiger partial charge in [-0.1, -0.05) is 38.7 Å². The third-order valence-electron chi connectivity index (χ3n) is 2.91. The molecule has 18 heavy (non-hydrogen) atoms. The van der Waals surface area contributed by atoms with Crippen molar-refractivity contribution in [2.45, 2.75) is 52.4 Å². The molecule has 0 fully saturated rings. The Balaban J connectivity index is 2.31. The largest absolute Gasteiger partial charge is 0.325 e. The number of hydrogen-bond donors (Lipinski definition) is 1. The lowest BCUT2D eigenvalue weighted by Gasteiger charge is -2.08. The summed E-state index contributed by atoms with van der Waals surface area (Å²) < 4.78 is 0.946. The van der Waals surface area contributed by atoms with Gasteiger partial charge in [-0.15, -0.1) is 0 Å². The van der Waals surface area contributed by atoms with E-state index in [9.17, 15) is 4.79 Å². The average Bonchev–Trinajstić information content (AvgIpc) is 2.32. The van der Waals surface area contributed by atoms with Gasteiger partial charge in [0.05, 0.1) is 5.69 Å². The van der Waals surface area contributed by atoms with E-state index in [0.29, 0.717) is 6.42 Å². The van der Waals surface area contributed by atoms with Crippen molar-refractivity contribution in [3.05, 3.63) is 28.2 Å². The Morgan fingerprint density at radius 2 is 1.94 bits per heavy atom. The highest BCUT2D eigenvalue weighted by molar-refractivity contribution is 9.10. The van der Waals surface area contributed by atoms with Gasteiger partial charge in [0.1, 0.15) is 0 Å². The molecule has 0 saturated heterocycles. The molecule has 0 aliphatic rings. The van der Waals surface area contributed by atoms with Crippen molar-refractivity contribution in [2.24, 2.45) is 0 Å². The fourth-order valence-electron chi connectivity index (χ4n) is 1.82. The molecule has 0 saturated carbocycles. The molecule has 1 rings (SSSR count). The number of nitrogens with one attached hydrogen (secondary N) is 1. The number of amides is 1. The zero-order valence-electron chi connectivity index (χ0n) is 11.3. The first-order valence-corrected chi connectivity index (χ1v) is 7.48. The van der Waals surface area contributed by atoms with Crippen LogP contribution in [0, 0.1) is 6.92 Å². The summed E-state index contributed by atoms with van der Waals surface area (Å²) in [5.74, 6) is 0.107. The highest BCUT2D eigenvalue weighted by Gasteiger charge is 2.05. The van der Waals surface area contributed by atoms with Gasteiger partial charge >= 0.3 is 0 Å². The number of benzene rings is 1. The Labute approximate surface area is 118 Å². The summed E-state index contributed by atoms with van der Waals surface area (Å²) in [5.41, 5.74) is 2.04. The van der Waals surface area contributed by atoms with Crippen LogP contribution in [0.3, 0.4) is 0 Å². The molecule has 0 aromatic heterocycles. The summed E-state index contributed by atoms with van der Waals surface area (Å²) in [5, 5.41) is 2.94. The molecule has 3 heteroatoms. The van der Waals surface area contributed by atoms with E-state index in [1.165, 1.54) is 24.8 Å². The second-order valence-electron chi connectivity index (χ2n) is 4.70. The molecule has 0 heterocycles. The number of anilines is 1. The van der Waals surface area contributed by atoms with Gasteiger partial charge in [0.2, 0.25) is 5.91 Å². The quantitative estimate of drug-likeness (QED) is 0.701. The number of unbranched alkanes of at least 4 members (excludes halogenated alkanes) is 4. The highest BCUT2D eigenvalue weighted by atomic mass is 79.9. The Hall–Kier alpha value is -0.830. The van der Waals surface area contributed by atoms with Gasteiger partial charge in [0.15, 0.2) is 0 Å². The maximum absolute atomic E-state index is 11.8. The molecular formula is C15H22BrNO. The summed E-state index contributed by atoms with van der Waals surface area (Å²) in [7, 11) is 0. The summed E-state index contributed by atoms with van der Waals surface area (Å²) in [6.07, 6.45) is 6.49. The number of carbonyl (C=O) groups is 1. The van der Waals surface area contributed by atoms with Gasteiger partial charge in [-0.2, -0.15) is 0 Å². The predicted octanol–water partition coefficient (Wildman–Crippen LogP) is 5.06. The van der Waals surface area contributed by atoms with Crippen molar-refractivity contribution in [1.82, 2.24) is 0 Å². The lowest BCUT2D eigenvalue weighted by molar-refractivity contribution is -0.116. The van der Waals surface area contributed by atoms with E-state index < -0.39 is 0 Å². The Bertz CT molecular complexity index is 390. The standard InChI is InChI=1S/C15H22BrNO/c1-3-4-5-6-7-8-15(18)17-14-10-9-12(2)11-13(14)16/h9-11H,3-8H2,1-2H3,(H,17,18). The van der Waals surface area contributed by atoms with Crippen LogP contribution in [0.5, 0.6) is 0 Å². The van der Waals surface area contributed by atoms with Gasteiger partial charge in [0.25, 0.3) is 0 Å². The molecule has 1 aromatic rings.